The Bertz CT molecular complexity index is 1440. The summed E-state index contributed by atoms with van der Waals surface area (Å²) in [5.41, 5.74) is 7.42. The molecule has 6 rings (SSSR count). The summed E-state index contributed by atoms with van der Waals surface area (Å²) in [5, 5.41) is 7.77. The van der Waals surface area contributed by atoms with Gasteiger partial charge < -0.3 is 30.5 Å². The smallest absolute Gasteiger partial charge is 0.407 e. The molecule has 0 spiro atoms. The fraction of sp³-hybridized carbons (Fsp3) is 0.519. The van der Waals surface area contributed by atoms with Crippen LogP contribution in [0.15, 0.2) is 30.3 Å². The molecule has 1 amide bonds. The number of amides is 1. The van der Waals surface area contributed by atoms with E-state index in [1.165, 1.54) is 18.2 Å². The number of nitrogens with zero attached hydrogens (tertiary/aromatic N) is 6. The Labute approximate surface area is 240 Å². The van der Waals surface area contributed by atoms with Gasteiger partial charge >= 0.3 is 6.18 Å². The van der Waals surface area contributed by atoms with Crippen LogP contribution in [0.25, 0.3) is 5.65 Å². The van der Waals surface area contributed by atoms with E-state index in [9.17, 15) is 18.0 Å². The highest BCUT2D eigenvalue weighted by Gasteiger charge is 2.40. The van der Waals surface area contributed by atoms with Crippen molar-refractivity contribution in [2.45, 2.75) is 43.6 Å². The molecule has 3 aromatic rings. The van der Waals surface area contributed by atoms with Crippen LogP contribution in [-0.2, 0) is 0 Å². The largest absolute Gasteiger partial charge is 0.491 e. The summed E-state index contributed by atoms with van der Waals surface area (Å²) in [5.74, 6) is 1.09. The number of carbonyl (C=O) groups is 1. The van der Waals surface area contributed by atoms with Crippen LogP contribution in [0.1, 0.15) is 41.4 Å². The van der Waals surface area contributed by atoms with Gasteiger partial charge in [0, 0.05) is 63.0 Å². The Morgan fingerprint density at radius 3 is 2.71 bits per heavy atom. The molecule has 0 aliphatic carbocycles. The monoisotopic (exact) mass is 592 g/mol. The Morgan fingerprint density at radius 1 is 1.15 bits per heavy atom. The minimum atomic E-state index is -4.57. The van der Waals surface area contributed by atoms with Gasteiger partial charge in [0.05, 0.1) is 17.3 Å². The van der Waals surface area contributed by atoms with Crippen molar-refractivity contribution in [3.63, 3.8) is 0 Å². The topological polar surface area (TPSA) is 104 Å². The third-order valence-electron chi connectivity index (χ3n) is 7.95. The van der Waals surface area contributed by atoms with Gasteiger partial charge in [-0.25, -0.2) is 4.98 Å². The van der Waals surface area contributed by atoms with Crippen molar-refractivity contribution in [2.75, 3.05) is 56.2 Å². The van der Waals surface area contributed by atoms with Gasteiger partial charge in [0.25, 0.3) is 5.91 Å². The normalized spacial score (nSPS) is 22.9. The van der Waals surface area contributed by atoms with Crippen LogP contribution in [0.5, 0.6) is 5.75 Å². The number of nitrogens with one attached hydrogen (secondary N) is 1. The van der Waals surface area contributed by atoms with Gasteiger partial charge in [-0.1, -0.05) is 11.6 Å². The summed E-state index contributed by atoms with van der Waals surface area (Å²) >= 11 is 6.24. The van der Waals surface area contributed by atoms with Gasteiger partial charge in [0.15, 0.2) is 5.65 Å². The maximum Gasteiger partial charge on any atom is 0.407 e. The van der Waals surface area contributed by atoms with E-state index < -0.39 is 18.8 Å². The number of benzene rings is 1. The summed E-state index contributed by atoms with van der Waals surface area (Å²) in [6.07, 6.45) is -2.19. The number of nitrogens with two attached hydrogens (primary N) is 1. The number of anilines is 2. The number of ether oxygens (including phenoxy) is 1. The molecule has 220 valence electrons. The van der Waals surface area contributed by atoms with Crippen molar-refractivity contribution < 1.29 is 22.7 Å². The number of halogens is 4. The second kappa shape index (κ2) is 10.8. The lowest BCUT2D eigenvalue weighted by molar-refractivity contribution is -0.161. The quantitative estimate of drug-likeness (QED) is 0.444. The average molecular weight is 593 g/mol. The number of alkyl halides is 3. The number of piperidine rings is 1. The highest BCUT2D eigenvalue weighted by molar-refractivity contribution is 6.31. The molecule has 2 atom stereocenters. The lowest BCUT2D eigenvalue weighted by atomic mass is 9.98. The number of carbonyl (C=O) groups excluding carboxylic acids is 1. The summed E-state index contributed by atoms with van der Waals surface area (Å²) in [6, 6.07) is 5.94. The third kappa shape index (κ3) is 5.50. The van der Waals surface area contributed by atoms with Crippen molar-refractivity contribution in [3.8, 4) is 5.75 Å². The van der Waals surface area contributed by atoms with Crippen LogP contribution in [0, 0.1) is 0 Å². The Hall–Kier alpha value is -3.29. The molecule has 5 heterocycles. The first-order chi connectivity index (χ1) is 19.6. The van der Waals surface area contributed by atoms with Crippen LogP contribution >= 0.6 is 11.6 Å². The molecule has 2 bridgehead atoms. The molecule has 1 aromatic carbocycles. The molecule has 10 nitrogen and oxygen atoms in total. The zero-order valence-corrected chi connectivity index (χ0v) is 23.3. The zero-order valence-electron chi connectivity index (χ0n) is 22.6. The molecule has 2 unspecified atom stereocenters. The van der Waals surface area contributed by atoms with Crippen molar-refractivity contribution in [2.24, 2.45) is 5.73 Å². The number of hydrogen-bond donors (Lipinski definition) is 2. The number of hydrogen-bond acceptors (Lipinski definition) is 8. The van der Waals surface area contributed by atoms with Gasteiger partial charge in [0.2, 0.25) is 0 Å². The van der Waals surface area contributed by atoms with E-state index in [-0.39, 0.29) is 47.4 Å². The number of fused-ring (bicyclic) bond motifs is 4. The molecule has 3 aliphatic rings. The van der Waals surface area contributed by atoms with Gasteiger partial charge in [-0.2, -0.15) is 22.8 Å². The second-order valence-electron chi connectivity index (χ2n) is 10.9. The molecule has 2 aromatic heterocycles. The van der Waals surface area contributed by atoms with E-state index in [1.807, 2.05) is 24.1 Å². The van der Waals surface area contributed by atoms with Crippen molar-refractivity contribution in [3.05, 3.63) is 46.6 Å². The molecule has 3 aliphatic heterocycles. The molecular weight excluding hydrogens is 561 g/mol. The summed E-state index contributed by atoms with van der Waals surface area (Å²) < 4.78 is 49.3. The Morgan fingerprint density at radius 2 is 1.95 bits per heavy atom. The van der Waals surface area contributed by atoms with Gasteiger partial charge in [-0.3, -0.25) is 4.79 Å². The highest BCUT2D eigenvalue weighted by atomic mass is 35.5. The highest BCUT2D eigenvalue weighted by Crippen LogP contribution is 2.36. The molecule has 2 fully saturated rings. The lowest BCUT2D eigenvalue weighted by Gasteiger charge is -2.38. The SMILES string of the molecule is CN1CCNC(C(F)(F)F)COc2ccc(Cl)cc2C(=O)N2CCCCC2c2cc3nc(N4CC(N)C4)cc1n3n2. The van der Waals surface area contributed by atoms with Crippen LogP contribution in [-0.4, -0.2) is 90.0 Å². The van der Waals surface area contributed by atoms with Gasteiger partial charge in [0.1, 0.15) is 30.0 Å². The van der Waals surface area contributed by atoms with E-state index in [0.717, 1.165) is 18.7 Å². The van der Waals surface area contributed by atoms with E-state index in [4.69, 9.17) is 32.2 Å². The fourth-order valence-corrected chi connectivity index (χ4v) is 5.83. The number of aromatic nitrogens is 3. The molecule has 2 saturated heterocycles. The first-order valence-electron chi connectivity index (χ1n) is 13.7. The third-order valence-corrected chi connectivity index (χ3v) is 8.19. The van der Waals surface area contributed by atoms with Crippen LogP contribution < -0.4 is 25.6 Å². The summed E-state index contributed by atoms with van der Waals surface area (Å²) in [4.78, 5) is 24.4. The van der Waals surface area contributed by atoms with Crippen LogP contribution in [0.4, 0.5) is 24.8 Å². The van der Waals surface area contributed by atoms with E-state index >= 15 is 0 Å². The lowest BCUT2D eigenvalue weighted by Crippen LogP contribution is -2.56. The van der Waals surface area contributed by atoms with Crippen molar-refractivity contribution in [1.82, 2.24) is 24.8 Å². The van der Waals surface area contributed by atoms with Crippen molar-refractivity contribution >= 4 is 34.8 Å². The van der Waals surface area contributed by atoms with Crippen LogP contribution in [0.2, 0.25) is 5.02 Å². The number of rotatable bonds is 1. The zero-order chi connectivity index (χ0) is 28.9. The Balaban J connectivity index is 1.46. The molecule has 14 heteroatoms. The van der Waals surface area contributed by atoms with Crippen LogP contribution in [0.3, 0.4) is 0 Å². The first kappa shape index (κ1) is 27.9. The number of likely N-dealkylation sites (N-methyl/N-ethyl adjacent to an activating group) is 1. The summed E-state index contributed by atoms with van der Waals surface area (Å²) in [6.45, 7) is 1.38. The van der Waals surface area contributed by atoms with E-state index in [2.05, 4.69) is 10.2 Å². The fourth-order valence-electron chi connectivity index (χ4n) is 5.66. The van der Waals surface area contributed by atoms with Crippen molar-refractivity contribution in [1.29, 1.82) is 0 Å². The van der Waals surface area contributed by atoms with Gasteiger partial charge in [-0.05, 0) is 37.5 Å². The standard InChI is InChI=1S/C27H32ClF3N8O2/c1-36-9-7-33-22(27(29,30)31)15-41-21-6-5-16(28)10-18(21)26(40)38-8-3-2-4-20(38)19-11-24-34-23(37-13-17(32)14-37)12-25(36)39(24)35-19/h5-6,10-12,17,20,22,33H,2-4,7-9,13-15,32H2,1H3. The molecule has 41 heavy (non-hydrogen) atoms. The maximum absolute atomic E-state index is 14.0. The minimum Gasteiger partial charge on any atom is -0.491 e. The minimum absolute atomic E-state index is 0.0225. The molecular formula is C27H32ClF3N8O2. The van der Waals surface area contributed by atoms with E-state index in [0.29, 0.717) is 43.2 Å². The predicted molar refractivity (Wildman–Crippen MR) is 149 cm³/mol. The maximum atomic E-state index is 14.0. The molecule has 0 saturated carbocycles. The van der Waals surface area contributed by atoms with Gasteiger partial charge in [-0.15, -0.1) is 0 Å². The predicted octanol–water partition coefficient (Wildman–Crippen LogP) is 3.25. The Kier molecular flexibility index (Phi) is 7.37. The average Bonchev–Trinajstić information content (AvgIpc) is 3.35. The van der Waals surface area contributed by atoms with E-state index in [1.54, 1.807) is 9.42 Å². The summed E-state index contributed by atoms with van der Waals surface area (Å²) in [7, 11) is 1.81. The molecule has 0 radical (unpaired) electrons. The molecule has 3 N–H and O–H groups in total. The second-order valence-corrected chi connectivity index (χ2v) is 11.3. The first-order valence-corrected chi connectivity index (χ1v) is 14.1.